The fourth-order valence-electron chi connectivity index (χ4n) is 2.34. The van der Waals surface area contributed by atoms with E-state index in [0.29, 0.717) is 13.2 Å². The maximum atomic E-state index is 10.1. The highest BCUT2D eigenvalue weighted by molar-refractivity contribution is 9.11. The molecule has 1 aromatic carbocycles. The number of hydrogen-bond donors (Lipinski definition) is 1. The number of likely N-dealkylation sites (tertiary alicyclic amines) is 1. The van der Waals surface area contributed by atoms with Gasteiger partial charge < -0.3 is 14.7 Å². The van der Waals surface area contributed by atoms with Gasteiger partial charge in [0.2, 0.25) is 0 Å². The number of hydrogen-bond acceptors (Lipinski definition) is 3. The van der Waals surface area contributed by atoms with Gasteiger partial charge in [0.15, 0.2) is 0 Å². The zero-order chi connectivity index (χ0) is 14.5. The number of aliphatic hydroxyl groups is 1. The summed E-state index contributed by atoms with van der Waals surface area (Å²) in [6.07, 6.45) is 3.31. The molecule has 0 aromatic heterocycles. The molecule has 1 saturated heterocycles. The molecule has 6 heteroatoms. The van der Waals surface area contributed by atoms with Gasteiger partial charge in [0.1, 0.15) is 18.5 Å². The van der Waals surface area contributed by atoms with E-state index in [4.69, 9.17) is 4.74 Å². The predicted octanol–water partition coefficient (Wildman–Crippen LogP) is 4.20. The molecule has 1 aliphatic heterocycles. The normalized spacial score (nSPS) is 18.0. The highest BCUT2D eigenvalue weighted by Gasteiger charge is 2.16. The molecule has 1 aromatic rings. The zero-order valence-corrected chi connectivity index (χ0v) is 15.9. The summed E-state index contributed by atoms with van der Waals surface area (Å²) in [4.78, 5) is 2.31. The van der Waals surface area contributed by atoms with Gasteiger partial charge in [0.25, 0.3) is 0 Å². The number of aliphatic hydroxyl groups excluding tert-OH is 1. The quantitative estimate of drug-likeness (QED) is 0.698. The molecule has 0 saturated carbocycles. The smallest absolute Gasteiger partial charge is 0.147 e. The van der Waals surface area contributed by atoms with Gasteiger partial charge in [0, 0.05) is 11.0 Å². The van der Waals surface area contributed by atoms with Gasteiger partial charge in [-0.1, -0.05) is 22.4 Å². The van der Waals surface area contributed by atoms with Crippen molar-refractivity contribution in [2.75, 3.05) is 26.2 Å². The molecule has 0 spiro atoms. The van der Waals surface area contributed by atoms with E-state index in [1.165, 1.54) is 19.3 Å². The van der Waals surface area contributed by atoms with Gasteiger partial charge in [-0.2, -0.15) is 0 Å². The second-order valence-corrected chi connectivity index (χ2v) is 7.65. The molecule has 20 heavy (non-hydrogen) atoms. The molecule has 0 bridgehead atoms. The van der Waals surface area contributed by atoms with E-state index in [0.717, 1.165) is 32.3 Å². The highest BCUT2D eigenvalue weighted by Crippen LogP contribution is 2.36. The SMILES string of the molecule is O[C@H](COc1c(Br)cc(Br)cc1Br)CN1CCCCC1. The van der Waals surface area contributed by atoms with Gasteiger partial charge in [0.05, 0.1) is 8.95 Å². The minimum absolute atomic E-state index is 0.301. The third kappa shape index (κ3) is 4.98. The first-order valence-corrected chi connectivity index (χ1v) is 9.12. The van der Waals surface area contributed by atoms with E-state index in [1.807, 2.05) is 12.1 Å². The van der Waals surface area contributed by atoms with Crippen LogP contribution < -0.4 is 4.74 Å². The molecule has 112 valence electrons. The van der Waals surface area contributed by atoms with Gasteiger partial charge in [-0.05, 0) is 69.9 Å². The minimum atomic E-state index is -0.462. The zero-order valence-electron chi connectivity index (χ0n) is 11.1. The second-order valence-electron chi connectivity index (χ2n) is 5.02. The fraction of sp³-hybridized carbons (Fsp3) is 0.571. The van der Waals surface area contributed by atoms with Gasteiger partial charge in [-0.25, -0.2) is 0 Å². The molecule has 3 nitrogen and oxygen atoms in total. The van der Waals surface area contributed by atoms with E-state index in [9.17, 15) is 5.11 Å². The molecule has 0 unspecified atom stereocenters. The van der Waals surface area contributed by atoms with Crippen molar-refractivity contribution in [3.8, 4) is 5.75 Å². The van der Waals surface area contributed by atoms with Gasteiger partial charge in [-0.15, -0.1) is 0 Å². The van der Waals surface area contributed by atoms with Crippen LogP contribution in [0.2, 0.25) is 0 Å². The van der Waals surface area contributed by atoms with Crippen LogP contribution in [0.3, 0.4) is 0 Å². The molecule has 1 fully saturated rings. The Morgan fingerprint density at radius 1 is 1.10 bits per heavy atom. The van der Waals surface area contributed by atoms with Crippen molar-refractivity contribution in [2.45, 2.75) is 25.4 Å². The standard InChI is InChI=1S/C14H18Br3NO2/c15-10-6-12(16)14(13(17)7-10)20-9-11(19)8-18-4-2-1-3-5-18/h6-7,11,19H,1-5,8-9H2/t11-/m0/s1. The molecule has 1 aliphatic rings. The van der Waals surface area contributed by atoms with Gasteiger partial charge >= 0.3 is 0 Å². The Morgan fingerprint density at radius 3 is 2.30 bits per heavy atom. The lowest BCUT2D eigenvalue weighted by molar-refractivity contribution is 0.0612. The summed E-state index contributed by atoms with van der Waals surface area (Å²) in [5.74, 6) is 0.728. The van der Waals surface area contributed by atoms with Crippen LogP contribution in [0, 0.1) is 0 Å². The summed E-state index contributed by atoms with van der Waals surface area (Å²) in [7, 11) is 0. The third-order valence-corrected chi connectivity index (χ3v) is 4.94. The Bertz CT molecular complexity index is 427. The van der Waals surface area contributed by atoms with Crippen LogP contribution in [-0.2, 0) is 0 Å². The van der Waals surface area contributed by atoms with Crippen LogP contribution in [0.1, 0.15) is 19.3 Å². The fourth-order valence-corrected chi connectivity index (χ4v) is 4.83. The number of piperidine rings is 1. The van der Waals surface area contributed by atoms with Crippen LogP contribution in [0.5, 0.6) is 5.75 Å². The highest BCUT2D eigenvalue weighted by atomic mass is 79.9. The largest absolute Gasteiger partial charge is 0.488 e. The molecule has 0 radical (unpaired) electrons. The summed E-state index contributed by atoms with van der Waals surface area (Å²) in [6, 6.07) is 3.86. The summed E-state index contributed by atoms with van der Waals surface area (Å²) < 4.78 is 8.43. The van der Waals surface area contributed by atoms with Crippen molar-refractivity contribution < 1.29 is 9.84 Å². The maximum absolute atomic E-state index is 10.1. The molecule has 0 amide bonds. The van der Waals surface area contributed by atoms with Crippen LogP contribution in [-0.4, -0.2) is 42.4 Å². The Balaban J connectivity index is 1.85. The van der Waals surface area contributed by atoms with Crippen molar-refractivity contribution in [1.29, 1.82) is 0 Å². The van der Waals surface area contributed by atoms with Crippen molar-refractivity contribution in [2.24, 2.45) is 0 Å². The number of ether oxygens (including phenoxy) is 1. The third-order valence-electron chi connectivity index (χ3n) is 3.30. The number of rotatable bonds is 5. The average molecular weight is 472 g/mol. The first-order valence-electron chi connectivity index (χ1n) is 6.74. The number of benzene rings is 1. The van der Waals surface area contributed by atoms with Crippen LogP contribution >= 0.6 is 47.8 Å². The van der Waals surface area contributed by atoms with Gasteiger partial charge in [-0.3, -0.25) is 0 Å². The molecular formula is C14H18Br3NO2. The maximum Gasteiger partial charge on any atom is 0.147 e. The lowest BCUT2D eigenvalue weighted by atomic mass is 10.1. The average Bonchev–Trinajstić information content (AvgIpc) is 2.38. The Labute approximate surface area is 145 Å². The summed E-state index contributed by atoms with van der Waals surface area (Å²) in [6.45, 7) is 3.16. The number of halogens is 3. The lowest BCUT2D eigenvalue weighted by Crippen LogP contribution is -2.38. The van der Waals surface area contributed by atoms with E-state index < -0.39 is 6.10 Å². The topological polar surface area (TPSA) is 32.7 Å². The van der Waals surface area contributed by atoms with E-state index >= 15 is 0 Å². The van der Waals surface area contributed by atoms with Crippen molar-refractivity contribution in [1.82, 2.24) is 4.90 Å². The van der Waals surface area contributed by atoms with E-state index in [2.05, 4.69) is 52.7 Å². The van der Waals surface area contributed by atoms with Crippen LogP contribution in [0.15, 0.2) is 25.6 Å². The lowest BCUT2D eigenvalue weighted by Gasteiger charge is -2.28. The second kappa shape index (κ2) is 8.13. The molecule has 1 heterocycles. The molecule has 1 atom stereocenters. The molecular weight excluding hydrogens is 454 g/mol. The number of β-amino-alcohol motifs (C(OH)–C–C–N with tert-alkyl or cyclic N) is 1. The molecule has 1 N–H and O–H groups in total. The van der Waals surface area contributed by atoms with E-state index in [1.54, 1.807) is 0 Å². The Hall–Kier alpha value is 0.380. The first-order chi connectivity index (χ1) is 9.56. The summed E-state index contributed by atoms with van der Waals surface area (Å²) in [5.41, 5.74) is 0. The summed E-state index contributed by atoms with van der Waals surface area (Å²) in [5, 5.41) is 10.1. The molecule has 0 aliphatic carbocycles. The van der Waals surface area contributed by atoms with Crippen molar-refractivity contribution in [3.63, 3.8) is 0 Å². The van der Waals surface area contributed by atoms with Crippen molar-refractivity contribution >= 4 is 47.8 Å². The summed E-state index contributed by atoms with van der Waals surface area (Å²) >= 11 is 10.4. The predicted molar refractivity (Wildman–Crippen MR) is 91.3 cm³/mol. The monoisotopic (exact) mass is 469 g/mol. The Morgan fingerprint density at radius 2 is 1.70 bits per heavy atom. The minimum Gasteiger partial charge on any atom is -0.488 e. The van der Waals surface area contributed by atoms with Crippen LogP contribution in [0.4, 0.5) is 0 Å². The Kier molecular flexibility index (Phi) is 6.81. The molecule has 2 rings (SSSR count). The van der Waals surface area contributed by atoms with Crippen LogP contribution in [0.25, 0.3) is 0 Å². The van der Waals surface area contributed by atoms with E-state index in [-0.39, 0.29) is 0 Å². The first kappa shape index (κ1) is 16.7. The number of nitrogens with zero attached hydrogens (tertiary/aromatic N) is 1. The van der Waals surface area contributed by atoms with Crippen molar-refractivity contribution in [3.05, 3.63) is 25.6 Å².